The van der Waals surface area contributed by atoms with E-state index in [1.807, 2.05) is 0 Å². The van der Waals surface area contributed by atoms with Gasteiger partial charge in [-0.15, -0.1) is 0 Å². The first kappa shape index (κ1) is 12.4. The molecular formula is C15H29N. The van der Waals surface area contributed by atoms with Crippen molar-refractivity contribution in [2.45, 2.75) is 66.3 Å². The molecule has 1 atom stereocenters. The van der Waals surface area contributed by atoms with E-state index in [1.165, 1.54) is 25.7 Å². The van der Waals surface area contributed by atoms with Gasteiger partial charge >= 0.3 is 0 Å². The van der Waals surface area contributed by atoms with Crippen molar-refractivity contribution >= 4 is 0 Å². The van der Waals surface area contributed by atoms with E-state index in [0.717, 1.165) is 17.8 Å². The molecule has 1 heteroatoms. The number of nitrogens with two attached hydrogens (primary N) is 1. The molecule has 0 saturated heterocycles. The Morgan fingerprint density at radius 2 is 1.38 bits per heavy atom. The molecule has 94 valence electrons. The maximum absolute atomic E-state index is 6.55. The first-order valence-corrected chi connectivity index (χ1v) is 7.04. The van der Waals surface area contributed by atoms with E-state index >= 15 is 0 Å². The van der Waals surface area contributed by atoms with Crippen LogP contribution in [0.3, 0.4) is 0 Å². The van der Waals surface area contributed by atoms with Gasteiger partial charge in [0.1, 0.15) is 0 Å². The van der Waals surface area contributed by atoms with Crippen molar-refractivity contribution in [3.63, 3.8) is 0 Å². The van der Waals surface area contributed by atoms with Crippen molar-refractivity contribution in [2.75, 3.05) is 0 Å². The summed E-state index contributed by atoms with van der Waals surface area (Å²) >= 11 is 0. The van der Waals surface area contributed by atoms with Gasteiger partial charge in [-0.1, -0.05) is 47.5 Å². The molecule has 2 aliphatic rings. The monoisotopic (exact) mass is 223 g/mol. The van der Waals surface area contributed by atoms with Crippen molar-refractivity contribution in [3.8, 4) is 0 Å². The van der Waals surface area contributed by atoms with Crippen molar-refractivity contribution in [1.29, 1.82) is 0 Å². The van der Waals surface area contributed by atoms with Crippen LogP contribution in [0.25, 0.3) is 0 Å². The summed E-state index contributed by atoms with van der Waals surface area (Å²) in [6.07, 6.45) is 5.52. The fraction of sp³-hybridized carbons (Fsp3) is 1.00. The summed E-state index contributed by atoms with van der Waals surface area (Å²) in [6, 6.07) is 0.442. The van der Waals surface area contributed by atoms with E-state index in [1.54, 1.807) is 0 Å². The molecule has 0 bridgehead atoms. The lowest BCUT2D eigenvalue weighted by Crippen LogP contribution is -2.36. The summed E-state index contributed by atoms with van der Waals surface area (Å²) in [7, 11) is 0. The van der Waals surface area contributed by atoms with Gasteiger partial charge in [0.05, 0.1) is 0 Å². The molecule has 0 aromatic carbocycles. The molecule has 0 aromatic rings. The van der Waals surface area contributed by atoms with Crippen LogP contribution in [-0.2, 0) is 0 Å². The quantitative estimate of drug-likeness (QED) is 0.756. The Morgan fingerprint density at radius 1 is 0.938 bits per heavy atom. The fourth-order valence-corrected chi connectivity index (χ4v) is 4.15. The molecule has 2 rings (SSSR count). The van der Waals surface area contributed by atoms with Gasteiger partial charge in [-0.3, -0.25) is 0 Å². The van der Waals surface area contributed by atoms with Crippen molar-refractivity contribution < 1.29 is 0 Å². The van der Waals surface area contributed by atoms with Crippen molar-refractivity contribution in [3.05, 3.63) is 0 Å². The second-order valence-electron chi connectivity index (χ2n) is 7.52. The average Bonchev–Trinajstić information content (AvgIpc) is 2.57. The van der Waals surface area contributed by atoms with Crippen LogP contribution >= 0.6 is 0 Å². The summed E-state index contributed by atoms with van der Waals surface area (Å²) in [5.41, 5.74) is 7.46. The van der Waals surface area contributed by atoms with Gasteiger partial charge in [0, 0.05) is 6.04 Å². The maximum Gasteiger partial charge on any atom is 0.0106 e. The first-order chi connectivity index (χ1) is 7.28. The van der Waals surface area contributed by atoms with E-state index in [4.69, 9.17) is 5.73 Å². The first-order valence-electron chi connectivity index (χ1n) is 7.04. The summed E-state index contributed by atoms with van der Waals surface area (Å²) in [4.78, 5) is 0. The molecule has 1 unspecified atom stereocenters. The lowest BCUT2D eigenvalue weighted by atomic mass is 9.77. The largest absolute Gasteiger partial charge is 0.327 e. The Morgan fingerprint density at radius 3 is 1.75 bits per heavy atom. The molecule has 2 saturated carbocycles. The molecule has 2 N–H and O–H groups in total. The van der Waals surface area contributed by atoms with Crippen molar-refractivity contribution in [2.24, 2.45) is 34.3 Å². The minimum Gasteiger partial charge on any atom is -0.327 e. The highest BCUT2D eigenvalue weighted by Gasteiger charge is 2.67. The van der Waals surface area contributed by atoms with E-state index in [9.17, 15) is 0 Å². The van der Waals surface area contributed by atoms with Crippen LogP contribution < -0.4 is 5.73 Å². The molecule has 0 radical (unpaired) electrons. The zero-order valence-corrected chi connectivity index (χ0v) is 11.7. The van der Waals surface area contributed by atoms with Crippen LogP contribution in [0.1, 0.15) is 60.3 Å². The molecule has 16 heavy (non-hydrogen) atoms. The molecule has 0 spiro atoms. The van der Waals surface area contributed by atoms with E-state index < -0.39 is 0 Å². The van der Waals surface area contributed by atoms with Crippen LogP contribution in [0.2, 0.25) is 0 Å². The standard InChI is InChI=1S/C15H29N/c1-10-6-8-11(9-7-10)12(16)13-14(2,3)15(13,4)5/h10-13H,6-9,16H2,1-5H3. The minimum absolute atomic E-state index is 0.442. The van der Waals surface area contributed by atoms with Crippen LogP contribution in [0.5, 0.6) is 0 Å². The Bertz CT molecular complexity index is 245. The molecule has 0 heterocycles. The zero-order chi connectivity index (χ0) is 12.1. The Balaban J connectivity index is 1.97. The van der Waals surface area contributed by atoms with Crippen molar-refractivity contribution in [1.82, 2.24) is 0 Å². The van der Waals surface area contributed by atoms with Crippen LogP contribution in [0, 0.1) is 28.6 Å². The molecule has 1 nitrogen and oxygen atoms in total. The SMILES string of the molecule is CC1CCC(C(N)C2C(C)(C)C2(C)C)CC1. The topological polar surface area (TPSA) is 26.0 Å². The maximum atomic E-state index is 6.55. The predicted molar refractivity (Wildman–Crippen MR) is 70.1 cm³/mol. The predicted octanol–water partition coefficient (Wildman–Crippen LogP) is 3.82. The molecular weight excluding hydrogens is 194 g/mol. The molecule has 0 amide bonds. The smallest absolute Gasteiger partial charge is 0.0106 e. The van der Waals surface area contributed by atoms with E-state index in [0.29, 0.717) is 16.9 Å². The third kappa shape index (κ3) is 1.72. The van der Waals surface area contributed by atoms with Gasteiger partial charge in [0.25, 0.3) is 0 Å². The molecule has 2 aliphatic carbocycles. The van der Waals surface area contributed by atoms with Crippen LogP contribution in [0.4, 0.5) is 0 Å². The van der Waals surface area contributed by atoms with Gasteiger partial charge in [-0.2, -0.15) is 0 Å². The Hall–Kier alpha value is -0.0400. The van der Waals surface area contributed by atoms with Gasteiger partial charge < -0.3 is 5.73 Å². The third-order valence-corrected chi connectivity index (χ3v) is 6.12. The lowest BCUT2D eigenvalue weighted by molar-refractivity contribution is 0.227. The molecule has 0 aromatic heterocycles. The zero-order valence-electron chi connectivity index (χ0n) is 11.7. The summed E-state index contributed by atoms with van der Waals surface area (Å²) < 4.78 is 0. The van der Waals surface area contributed by atoms with Gasteiger partial charge in [0.2, 0.25) is 0 Å². The molecule has 0 aliphatic heterocycles. The normalized spacial score (nSPS) is 39.4. The average molecular weight is 223 g/mol. The lowest BCUT2D eigenvalue weighted by Gasteiger charge is -2.31. The van der Waals surface area contributed by atoms with Crippen LogP contribution in [0.15, 0.2) is 0 Å². The number of hydrogen-bond donors (Lipinski definition) is 1. The fourth-order valence-electron chi connectivity index (χ4n) is 4.15. The summed E-state index contributed by atoms with van der Waals surface area (Å²) in [5, 5.41) is 0. The minimum atomic E-state index is 0.442. The highest BCUT2D eigenvalue weighted by Crippen LogP contribution is 2.70. The van der Waals surface area contributed by atoms with E-state index in [2.05, 4.69) is 34.6 Å². The summed E-state index contributed by atoms with van der Waals surface area (Å²) in [6.45, 7) is 11.9. The van der Waals surface area contributed by atoms with Gasteiger partial charge in [-0.25, -0.2) is 0 Å². The third-order valence-electron chi connectivity index (χ3n) is 6.12. The van der Waals surface area contributed by atoms with E-state index in [-0.39, 0.29) is 0 Å². The Kier molecular flexibility index (Phi) is 2.89. The van der Waals surface area contributed by atoms with Gasteiger partial charge in [0.15, 0.2) is 0 Å². The Labute approximate surface area is 101 Å². The van der Waals surface area contributed by atoms with Gasteiger partial charge in [-0.05, 0) is 41.4 Å². The second kappa shape index (κ2) is 3.73. The van der Waals surface area contributed by atoms with Crippen LogP contribution in [-0.4, -0.2) is 6.04 Å². The second-order valence-corrected chi connectivity index (χ2v) is 7.52. The summed E-state index contributed by atoms with van der Waals surface area (Å²) in [5.74, 6) is 2.46. The number of hydrogen-bond acceptors (Lipinski definition) is 1. The number of rotatable bonds is 2. The molecule has 2 fully saturated rings. The highest BCUT2D eigenvalue weighted by molar-refractivity contribution is 5.16. The highest BCUT2D eigenvalue weighted by atomic mass is 14.8.